The van der Waals surface area contributed by atoms with Gasteiger partial charge in [0, 0.05) is 36.3 Å². The smallest absolute Gasteiger partial charge is 0.155 e. The summed E-state index contributed by atoms with van der Waals surface area (Å²) in [5.74, 6) is 1.31. The van der Waals surface area contributed by atoms with Gasteiger partial charge in [0.1, 0.15) is 11.4 Å². The monoisotopic (exact) mass is 389 g/mol. The number of ketones is 1. The van der Waals surface area contributed by atoms with Crippen molar-refractivity contribution in [1.82, 2.24) is 14.9 Å². The third-order valence-electron chi connectivity index (χ3n) is 5.57. The molecular weight excluding hydrogens is 362 g/mol. The zero-order valence-corrected chi connectivity index (χ0v) is 17.1. The summed E-state index contributed by atoms with van der Waals surface area (Å²) < 4.78 is 5.70. The molecule has 0 bridgehead atoms. The Kier molecular flexibility index (Phi) is 5.49. The van der Waals surface area contributed by atoms with Gasteiger partial charge in [-0.25, -0.2) is 4.98 Å². The molecule has 5 heteroatoms. The zero-order valence-electron chi connectivity index (χ0n) is 17.1. The van der Waals surface area contributed by atoms with E-state index in [0.29, 0.717) is 12.3 Å². The lowest BCUT2D eigenvalue weighted by Crippen LogP contribution is -2.15. The number of rotatable bonds is 7. The number of pyridine rings is 1. The van der Waals surface area contributed by atoms with E-state index in [1.165, 1.54) is 22.8 Å². The summed E-state index contributed by atoms with van der Waals surface area (Å²) in [6, 6.07) is 3.88. The van der Waals surface area contributed by atoms with Gasteiger partial charge >= 0.3 is 0 Å². The molecule has 3 aromatic rings. The van der Waals surface area contributed by atoms with Crippen LogP contribution < -0.4 is 0 Å². The maximum Gasteiger partial charge on any atom is 0.155 e. The van der Waals surface area contributed by atoms with Gasteiger partial charge in [-0.15, -0.1) is 0 Å². The van der Waals surface area contributed by atoms with Gasteiger partial charge in [0.2, 0.25) is 0 Å². The SMILES string of the molecule is C=CC(=O)CC1CCC=C(c2c(CN(C)C)cnc3[nH]cc(-c4ccco4)c23)C1. The van der Waals surface area contributed by atoms with E-state index < -0.39 is 0 Å². The molecule has 0 saturated carbocycles. The molecule has 0 radical (unpaired) electrons. The standard InChI is InChI=1S/C24H27N3O2/c1-4-19(28)12-16-7-5-8-17(11-16)22-18(15-27(2)3)13-25-24-23(22)20(14-26-24)21-9-6-10-29-21/h4,6,8-10,13-14,16H,1,5,7,11-12,15H2,2-3H3,(H,25,26). The molecule has 3 heterocycles. The Labute approximate surface area is 171 Å². The second-order valence-corrected chi connectivity index (χ2v) is 8.05. The van der Waals surface area contributed by atoms with Gasteiger partial charge in [-0.1, -0.05) is 12.7 Å². The van der Waals surface area contributed by atoms with Crippen molar-refractivity contribution in [3.8, 4) is 11.3 Å². The number of carbonyl (C=O) groups is 1. The Morgan fingerprint density at radius 2 is 2.31 bits per heavy atom. The summed E-state index contributed by atoms with van der Waals surface area (Å²) in [4.78, 5) is 22.1. The maximum atomic E-state index is 11.9. The van der Waals surface area contributed by atoms with E-state index in [4.69, 9.17) is 4.42 Å². The molecule has 0 saturated heterocycles. The van der Waals surface area contributed by atoms with Gasteiger partial charge in [-0.2, -0.15) is 0 Å². The van der Waals surface area contributed by atoms with Crippen LogP contribution in [-0.2, 0) is 11.3 Å². The number of allylic oxidation sites excluding steroid dienone is 3. The molecule has 29 heavy (non-hydrogen) atoms. The molecular formula is C24H27N3O2. The minimum atomic E-state index is 0.127. The van der Waals surface area contributed by atoms with E-state index in [0.717, 1.165) is 48.2 Å². The Morgan fingerprint density at radius 1 is 1.45 bits per heavy atom. The van der Waals surface area contributed by atoms with E-state index in [9.17, 15) is 4.79 Å². The topological polar surface area (TPSA) is 62.1 Å². The predicted octanol–water partition coefficient (Wildman–Crippen LogP) is 5.21. The fourth-order valence-corrected chi connectivity index (χ4v) is 4.32. The fraction of sp³-hybridized carbons (Fsp3) is 0.333. The molecule has 1 unspecified atom stereocenters. The summed E-state index contributed by atoms with van der Waals surface area (Å²) >= 11 is 0. The van der Waals surface area contributed by atoms with Crippen molar-refractivity contribution in [2.24, 2.45) is 5.92 Å². The third-order valence-corrected chi connectivity index (χ3v) is 5.57. The van der Waals surface area contributed by atoms with E-state index in [2.05, 4.69) is 41.6 Å². The summed E-state index contributed by atoms with van der Waals surface area (Å²) in [6.45, 7) is 4.43. The van der Waals surface area contributed by atoms with Crippen LogP contribution in [0.2, 0.25) is 0 Å². The van der Waals surface area contributed by atoms with Crippen molar-refractivity contribution in [2.75, 3.05) is 14.1 Å². The van der Waals surface area contributed by atoms with Crippen LogP contribution in [0.25, 0.3) is 27.9 Å². The molecule has 0 aliphatic heterocycles. The molecule has 1 N–H and O–H groups in total. The van der Waals surface area contributed by atoms with Crippen LogP contribution in [-0.4, -0.2) is 34.7 Å². The molecule has 1 aliphatic rings. The quantitative estimate of drug-likeness (QED) is 0.563. The largest absolute Gasteiger partial charge is 0.464 e. The number of aromatic amines is 1. The number of hydrogen-bond acceptors (Lipinski definition) is 4. The van der Waals surface area contributed by atoms with Crippen molar-refractivity contribution in [3.05, 3.63) is 60.6 Å². The third kappa shape index (κ3) is 3.96. The van der Waals surface area contributed by atoms with E-state index >= 15 is 0 Å². The number of aromatic nitrogens is 2. The molecule has 4 rings (SSSR count). The van der Waals surface area contributed by atoms with Gasteiger partial charge in [0.15, 0.2) is 5.78 Å². The van der Waals surface area contributed by atoms with E-state index in [1.807, 2.05) is 24.5 Å². The van der Waals surface area contributed by atoms with Crippen LogP contribution in [0.1, 0.15) is 36.8 Å². The van der Waals surface area contributed by atoms with Crippen molar-refractivity contribution < 1.29 is 9.21 Å². The Hall–Kier alpha value is -2.92. The molecule has 0 aromatic carbocycles. The molecule has 3 aromatic heterocycles. The summed E-state index contributed by atoms with van der Waals surface area (Å²) in [5.41, 5.74) is 5.61. The minimum absolute atomic E-state index is 0.127. The van der Waals surface area contributed by atoms with Crippen LogP contribution in [0.15, 0.2) is 53.9 Å². The average molecular weight is 389 g/mol. The first kappa shape index (κ1) is 19.4. The summed E-state index contributed by atoms with van der Waals surface area (Å²) in [7, 11) is 4.14. The van der Waals surface area contributed by atoms with Crippen molar-refractivity contribution >= 4 is 22.4 Å². The lowest BCUT2D eigenvalue weighted by atomic mass is 9.81. The van der Waals surface area contributed by atoms with Crippen molar-refractivity contribution in [3.63, 3.8) is 0 Å². The minimum Gasteiger partial charge on any atom is -0.464 e. The van der Waals surface area contributed by atoms with Crippen LogP contribution >= 0.6 is 0 Å². The lowest BCUT2D eigenvalue weighted by molar-refractivity contribution is -0.115. The molecule has 0 amide bonds. The summed E-state index contributed by atoms with van der Waals surface area (Å²) in [6.07, 6.45) is 12.9. The molecule has 1 atom stereocenters. The highest BCUT2D eigenvalue weighted by Crippen LogP contribution is 2.41. The predicted molar refractivity (Wildman–Crippen MR) is 116 cm³/mol. The molecule has 1 aliphatic carbocycles. The number of fused-ring (bicyclic) bond motifs is 1. The normalized spacial score (nSPS) is 16.9. The molecule has 0 fully saturated rings. The van der Waals surface area contributed by atoms with E-state index in [1.54, 1.807) is 6.26 Å². The average Bonchev–Trinajstić information content (AvgIpc) is 3.37. The highest BCUT2D eigenvalue weighted by molar-refractivity contribution is 6.01. The lowest BCUT2D eigenvalue weighted by Gasteiger charge is -2.25. The molecule has 150 valence electrons. The highest BCUT2D eigenvalue weighted by atomic mass is 16.3. The van der Waals surface area contributed by atoms with Crippen LogP contribution in [0.5, 0.6) is 0 Å². The first-order valence-electron chi connectivity index (χ1n) is 10.1. The van der Waals surface area contributed by atoms with Gasteiger partial charge in [0.25, 0.3) is 0 Å². The van der Waals surface area contributed by atoms with Gasteiger partial charge in [-0.3, -0.25) is 4.79 Å². The summed E-state index contributed by atoms with van der Waals surface area (Å²) in [5, 5.41) is 1.10. The number of hydrogen-bond donors (Lipinski definition) is 1. The zero-order chi connectivity index (χ0) is 20.4. The van der Waals surface area contributed by atoms with Gasteiger partial charge in [-0.05, 0) is 74.2 Å². The number of nitrogens with zero attached hydrogens (tertiary/aromatic N) is 2. The van der Waals surface area contributed by atoms with Crippen molar-refractivity contribution in [1.29, 1.82) is 0 Å². The first-order chi connectivity index (χ1) is 14.1. The number of H-pyrrole nitrogens is 1. The fourth-order valence-electron chi connectivity index (χ4n) is 4.32. The molecule has 0 spiro atoms. The highest BCUT2D eigenvalue weighted by Gasteiger charge is 2.24. The van der Waals surface area contributed by atoms with Crippen LogP contribution in [0.3, 0.4) is 0 Å². The van der Waals surface area contributed by atoms with Crippen LogP contribution in [0.4, 0.5) is 0 Å². The number of nitrogens with one attached hydrogen (secondary N) is 1. The first-order valence-corrected chi connectivity index (χ1v) is 10.1. The number of furan rings is 1. The van der Waals surface area contributed by atoms with Gasteiger partial charge < -0.3 is 14.3 Å². The maximum absolute atomic E-state index is 11.9. The Balaban J connectivity index is 1.84. The molecule has 5 nitrogen and oxygen atoms in total. The Bertz CT molecular complexity index is 1060. The van der Waals surface area contributed by atoms with E-state index in [-0.39, 0.29) is 5.78 Å². The second-order valence-electron chi connectivity index (χ2n) is 8.05. The van der Waals surface area contributed by atoms with Crippen LogP contribution in [0, 0.1) is 5.92 Å². The van der Waals surface area contributed by atoms with Gasteiger partial charge in [0.05, 0.1) is 6.26 Å². The van der Waals surface area contributed by atoms with Crippen molar-refractivity contribution in [2.45, 2.75) is 32.2 Å². The second kappa shape index (κ2) is 8.21. The Morgan fingerprint density at radius 3 is 3.03 bits per heavy atom. The number of carbonyl (C=O) groups excluding carboxylic acids is 1.